The van der Waals surface area contributed by atoms with Crippen LogP contribution >= 0.6 is 11.8 Å². The maximum Gasteiger partial charge on any atom is 0.185 e. The van der Waals surface area contributed by atoms with Gasteiger partial charge in [-0.15, -0.1) is 11.8 Å². The van der Waals surface area contributed by atoms with Crippen molar-refractivity contribution in [3.63, 3.8) is 0 Å². The number of allylic oxidation sites excluding steroid dienone is 1. The molecule has 2 aromatic carbocycles. The van der Waals surface area contributed by atoms with Crippen LogP contribution in [-0.4, -0.2) is 17.1 Å². The quantitative estimate of drug-likeness (QED) is 0.508. The molecule has 0 bridgehead atoms. The molecule has 2 rings (SSSR count). The maximum atomic E-state index is 12.1. The van der Waals surface area contributed by atoms with E-state index >= 15 is 0 Å². The van der Waals surface area contributed by atoms with Gasteiger partial charge in [-0.2, -0.15) is 0 Å². The fourth-order valence-electron chi connectivity index (χ4n) is 2.11. The molecule has 0 spiro atoms. The Labute approximate surface area is 129 Å². The third kappa shape index (κ3) is 3.76. The number of hydrogen-bond donors (Lipinski definition) is 1. The van der Waals surface area contributed by atoms with Crippen LogP contribution in [-0.2, 0) is 0 Å². The predicted molar refractivity (Wildman–Crippen MR) is 89.2 cm³/mol. The standard InChI is InChI=1S/C18H18O2S/c1-12-10-14(11-13(2)18(12)20)4-9-17(19)15-5-7-16(21-3)8-6-15/h4-11,20H,1-3H3/b9-4+. The Kier molecular flexibility index (Phi) is 4.86. The van der Waals surface area contributed by atoms with E-state index in [4.69, 9.17) is 0 Å². The van der Waals surface area contributed by atoms with Crippen LogP contribution in [0.3, 0.4) is 0 Å². The molecule has 0 amide bonds. The van der Waals surface area contributed by atoms with Crippen molar-refractivity contribution < 1.29 is 9.90 Å². The van der Waals surface area contributed by atoms with Crippen LogP contribution < -0.4 is 0 Å². The molecular formula is C18H18O2S. The van der Waals surface area contributed by atoms with E-state index in [0.717, 1.165) is 21.6 Å². The van der Waals surface area contributed by atoms with E-state index in [0.29, 0.717) is 11.3 Å². The van der Waals surface area contributed by atoms with Crippen molar-refractivity contribution in [2.45, 2.75) is 18.7 Å². The highest BCUT2D eigenvalue weighted by atomic mass is 32.2. The second-order valence-electron chi connectivity index (χ2n) is 4.93. The summed E-state index contributed by atoms with van der Waals surface area (Å²) >= 11 is 1.65. The molecule has 21 heavy (non-hydrogen) atoms. The number of benzene rings is 2. The van der Waals surface area contributed by atoms with Crippen molar-refractivity contribution in [2.75, 3.05) is 6.26 Å². The number of carbonyl (C=O) groups is 1. The molecule has 0 aliphatic rings. The van der Waals surface area contributed by atoms with Gasteiger partial charge in [-0.05, 0) is 79.3 Å². The van der Waals surface area contributed by atoms with Gasteiger partial charge < -0.3 is 5.11 Å². The van der Waals surface area contributed by atoms with Gasteiger partial charge in [0.1, 0.15) is 5.75 Å². The Bertz CT molecular complexity index is 662. The van der Waals surface area contributed by atoms with Crippen molar-refractivity contribution in [1.82, 2.24) is 0 Å². The van der Waals surface area contributed by atoms with Crippen LogP contribution in [0.1, 0.15) is 27.0 Å². The van der Waals surface area contributed by atoms with Gasteiger partial charge in [0.2, 0.25) is 0 Å². The molecule has 0 radical (unpaired) electrons. The summed E-state index contributed by atoms with van der Waals surface area (Å²) in [5.74, 6) is 0.289. The molecule has 0 saturated heterocycles. The van der Waals surface area contributed by atoms with Crippen LogP contribution in [0.25, 0.3) is 6.08 Å². The van der Waals surface area contributed by atoms with Crippen LogP contribution in [0.5, 0.6) is 5.75 Å². The average molecular weight is 298 g/mol. The molecule has 0 aliphatic carbocycles. The van der Waals surface area contributed by atoms with Crippen molar-refractivity contribution in [1.29, 1.82) is 0 Å². The molecule has 0 fully saturated rings. The number of rotatable bonds is 4. The van der Waals surface area contributed by atoms with E-state index in [1.807, 2.05) is 56.5 Å². The zero-order valence-electron chi connectivity index (χ0n) is 12.4. The third-order valence-electron chi connectivity index (χ3n) is 3.32. The molecule has 0 saturated carbocycles. The fourth-order valence-corrected chi connectivity index (χ4v) is 2.52. The van der Waals surface area contributed by atoms with E-state index in [1.165, 1.54) is 0 Å². The number of carbonyl (C=O) groups excluding carboxylic acids is 1. The normalized spacial score (nSPS) is 11.0. The minimum Gasteiger partial charge on any atom is -0.507 e. The Hall–Kier alpha value is -2.00. The average Bonchev–Trinajstić information content (AvgIpc) is 2.50. The smallest absolute Gasteiger partial charge is 0.185 e. The Balaban J connectivity index is 2.18. The number of thioether (sulfide) groups is 1. The number of hydrogen-bond acceptors (Lipinski definition) is 3. The Morgan fingerprint density at radius 3 is 2.19 bits per heavy atom. The van der Waals surface area contributed by atoms with Crippen LogP contribution in [0, 0.1) is 13.8 Å². The molecule has 0 atom stereocenters. The van der Waals surface area contributed by atoms with Crippen molar-refractivity contribution >= 4 is 23.6 Å². The Morgan fingerprint density at radius 2 is 1.67 bits per heavy atom. The summed E-state index contributed by atoms with van der Waals surface area (Å²) in [5, 5.41) is 9.74. The number of ketones is 1. The van der Waals surface area contributed by atoms with E-state index in [2.05, 4.69) is 0 Å². The van der Waals surface area contributed by atoms with Crippen LogP contribution in [0.15, 0.2) is 47.4 Å². The molecule has 0 unspecified atom stereocenters. The molecule has 2 aromatic rings. The highest BCUT2D eigenvalue weighted by molar-refractivity contribution is 7.98. The van der Waals surface area contributed by atoms with Crippen LogP contribution in [0.2, 0.25) is 0 Å². The fraction of sp³-hybridized carbons (Fsp3) is 0.167. The zero-order chi connectivity index (χ0) is 15.4. The first-order valence-corrected chi connectivity index (χ1v) is 7.90. The molecule has 3 heteroatoms. The molecule has 2 nitrogen and oxygen atoms in total. The van der Waals surface area contributed by atoms with Crippen molar-refractivity contribution in [2.24, 2.45) is 0 Å². The van der Waals surface area contributed by atoms with Gasteiger partial charge in [0.05, 0.1) is 0 Å². The first-order valence-electron chi connectivity index (χ1n) is 6.68. The highest BCUT2D eigenvalue weighted by Crippen LogP contribution is 2.23. The first kappa shape index (κ1) is 15.4. The molecule has 0 aromatic heterocycles. The number of aryl methyl sites for hydroxylation is 2. The van der Waals surface area contributed by atoms with E-state index in [-0.39, 0.29) is 5.78 Å². The van der Waals surface area contributed by atoms with Gasteiger partial charge in [0.15, 0.2) is 5.78 Å². The summed E-state index contributed by atoms with van der Waals surface area (Å²) in [6, 6.07) is 11.3. The summed E-state index contributed by atoms with van der Waals surface area (Å²) in [6.07, 6.45) is 5.36. The topological polar surface area (TPSA) is 37.3 Å². The molecule has 108 valence electrons. The Morgan fingerprint density at radius 1 is 1.10 bits per heavy atom. The van der Waals surface area contributed by atoms with Gasteiger partial charge in [0.25, 0.3) is 0 Å². The lowest BCUT2D eigenvalue weighted by molar-refractivity contribution is 0.104. The summed E-state index contributed by atoms with van der Waals surface area (Å²) in [5.41, 5.74) is 3.21. The van der Waals surface area contributed by atoms with E-state index < -0.39 is 0 Å². The third-order valence-corrected chi connectivity index (χ3v) is 4.06. The van der Waals surface area contributed by atoms with E-state index in [9.17, 15) is 9.90 Å². The van der Waals surface area contributed by atoms with Gasteiger partial charge in [-0.25, -0.2) is 0 Å². The van der Waals surface area contributed by atoms with Gasteiger partial charge in [0, 0.05) is 10.5 Å². The van der Waals surface area contributed by atoms with Gasteiger partial charge in [-0.1, -0.05) is 6.08 Å². The summed E-state index contributed by atoms with van der Waals surface area (Å²) in [4.78, 5) is 13.3. The first-order chi connectivity index (χ1) is 10.0. The van der Waals surface area contributed by atoms with Gasteiger partial charge in [-0.3, -0.25) is 4.79 Å². The lowest BCUT2D eigenvalue weighted by atomic mass is 10.0. The molecule has 0 heterocycles. The van der Waals surface area contributed by atoms with Gasteiger partial charge >= 0.3 is 0 Å². The lowest BCUT2D eigenvalue weighted by Crippen LogP contribution is -1.93. The predicted octanol–water partition coefficient (Wildman–Crippen LogP) is 4.63. The second kappa shape index (κ2) is 6.64. The van der Waals surface area contributed by atoms with Crippen molar-refractivity contribution in [3.8, 4) is 5.75 Å². The monoisotopic (exact) mass is 298 g/mol. The minimum absolute atomic E-state index is 0.0222. The molecular weight excluding hydrogens is 280 g/mol. The maximum absolute atomic E-state index is 12.1. The summed E-state index contributed by atoms with van der Waals surface area (Å²) in [7, 11) is 0. The SMILES string of the molecule is CSc1ccc(C(=O)/C=C/c2cc(C)c(O)c(C)c2)cc1. The molecule has 0 aliphatic heterocycles. The lowest BCUT2D eigenvalue weighted by Gasteiger charge is -2.04. The largest absolute Gasteiger partial charge is 0.507 e. The van der Waals surface area contributed by atoms with E-state index in [1.54, 1.807) is 23.9 Å². The highest BCUT2D eigenvalue weighted by Gasteiger charge is 2.04. The number of phenolic OH excluding ortho intramolecular Hbond substituents is 1. The minimum atomic E-state index is -0.0222. The summed E-state index contributed by atoms with van der Waals surface area (Å²) < 4.78 is 0. The summed E-state index contributed by atoms with van der Waals surface area (Å²) in [6.45, 7) is 3.70. The zero-order valence-corrected chi connectivity index (χ0v) is 13.2. The van der Waals surface area contributed by atoms with Crippen molar-refractivity contribution in [3.05, 3.63) is 64.7 Å². The second-order valence-corrected chi connectivity index (χ2v) is 5.81. The van der Waals surface area contributed by atoms with Crippen LogP contribution in [0.4, 0.5) is 0 Å². The number of phenols is 1. The number of aromatic hydroxyl groups is 1. The molecule has 1 N–H and O–H groups in total.